The molecule has 3 N–H and O–H groups in total. The second kappa shape index (κ2) is 2.87. The van der Waals surface area contributed by atoms with Crippen LogP contribution in [0.25, 0.3) is 0 Å². The van der Waals surface area contributed by atoms with Crippen LogP contribution in [0.5, 0.6) is 0 Å². The molecule has 3 nitrogen and oxygen atoms in total. The summed E-state index contributed by atoms with van der Waals surface area (Å²) in [5.41, 5.74) is 6.11. The zero-order chi connectivity index (χ0) is 9.47. The van der Waals surface area contributed by atoms with Crippen molar-refractivity contribution in [1.29, 1.82) is 0 Å². The lowest BCUT2D eigenvalue weighted by Crippen LogP contribution is -2.06. The van der Waals surface area contributed by atoms with E-state index in [1.54, 1.807) is 6.20 Å². The predicted molar refractivity (Wildman–Crippen MR) is 56.9 cm³/mol. The summed E-state index contributed by atoms with van der Waals surface area (Å²) in [7, 11) is 0. The van der Waals surface area contributed by atoms with Gasteiger partial charge in [0.2, 0.25) is 0 Å². The highest BCUT2D eigenvalue weighted by atomic mass is 32.1. The van der Waals surface area contributed by atoms with Crippen LogP contribution in [0.15, 0.2) is 6.20 Å². The van der Waals surface area contributed by atoms with E-state index in [2.05, 4.69) is 24.1 Å². The molecule has 1 unspecified atom stereocenters. The quantitative estimate of drug-likeness (QED) is 0.781. The molecule has 1 aromatic heterocycles. The summed E-state index contributed by atoms with van der Waals surface area (Å²) in [5.74, 6) is 0.803. The van der Waals surface area contributed by atoms with E-state index in [4.69, 9.17) is 5.73 Å². The van der Waals surface area contributed by atoms with E-state index >= 15 is 0 Å². The Morgan fingerprint density at radius 2 is 2.46 bits per heavy atom. The minimum absolute atomic E-state index is 0.538. The molecule has 1 heterocycles. The average molecular weight is 197 g/mol. The van der Waals surface area contributed by atoms with E-state index < -0.39 is 0 Å². The number of rotatable bonds is 3. The molecule has 1 aliphatic rings. The van der Waals surface area contributed by atoms with Gasteiger partial charge in [0, 0.05) is 6.54 Å². The van der Waals surface area contributed by atoms with E-state index in [1.807, 2.05) is 0 Å². The summed E-state index contributed by atoms with van der Waals surface area (Å²) in [6.45, 7) is 5.63. The van der Waals surface area contributed by atoms with Gasteiger partial charge in [-0.05, 0) is 17.8 Å². The van der Waals surface area contributed by atoms with Gasteiger partial charge in [-0.25, -0.2) is 4.98 Å². The van der Waals surface area contributed by atoms with Crippen LogP contribution in [0.2, 0.25) is 0 Å². The Hall–Kier alpha value is -0.770. The van der Waals surface area contributed by atoms with Crippen molar-refractivity contribution in [2.24, 2.45) is 11.3 Å². The predicted octanol–water partition coefficient (Wildman–Crippen LogP) is 2.18. The van der Waals surface area contributed by atoms with Crippen molar-refractivity contribution in [2.45, 2.75) is 20.3 Å². The number of aromatic nitrogens is 1. The van der Waals surface area contributed by atoms with Gasteiger partial charge >= 0.3 is 0 Å². The largest absolute Gasteiger partial charge is 0.389 e. The van der Waals surface area contributed by atoms with Crippen molar-refractivity contribution in [1.82, 2.24) is 4.98 Å². The van der Waals surface area contributed by atoms with Crippen LogP contribution in [-0.2, 0) is 0 Å². The second-order valence-corrected chi connectivity index (χ2v) is 5.40. The Morgan fingerprint density at radius 1 is 1.77 bits per heavy atom. The molecule has 0 saturated heterocycles. The maximum Gasteiger partial charge on any atom is 0.184 e. The zero-order valence-electron chi connectivity index (χ0n) is 8.00. The van der Waals surface area contributed by atoms with Crippen LogP contribution in [0.3, 0.4) is 0 Å². The van der Waals surface area contributed by atoms with E-state index in [1.165, 1.54) is 17.8 Å². The molecule has 2 rings (SSSR count). The molecule has 0 amide bonds. The van der Waals surface area contributed by atoms with Crippen molar-refractivity contribution in [2.75, 3.05) is 17.6 Å². The van der Waals surface area contributed by atoms with Gasteiger partial charge < -0.3 is 11.1 Å². The first-order valence-corrected chi connectivity index (χ1v) is 5.35. The van der Waals surface area contributed by atoms with Crippen LogP contribution < -0.4 is 11.1 Å². The number of nitrogens with two attached hydrogens (primary N) is 1. The number of nitrogens with zero attached hydrogens (tertiary/aromatic N) is 1. The minimum atomic E-state index is 0.538. The minimum Gasteiger partial charge on any atom is -0.389 e. The fourth-order valence-corrected chi connectivity index (χ4v) is 2.09. The lowest BCUT2D eigenvalue weighted by Gasteiger charge is -2.03. The van der Waals surface area contributed by atoms with Gasteiger partial charge in [0.15, 0.2) is 5.13 Å². The van der Waals surface area contributed by atoms with Crippen molar-refractivity contribution in [3.05, 3.63) is 6.20 Å². The monoisotopic (exact) mass is 197 g/mol. The van der Waals surface area contributed by atoms with Crippen LogP contribution in [0.1, 0.15) is 20.3 Å². The van der Waals surface area contributed by atoms with Gasteiger partial charge in [-0.3, -0.25) is 0 Å². The van der Waals surface area contributed by atoms with E-state index in [0.29, 0.717) is 5.41 Å². The summed E-state index contributed by atoms with van der Waals surface area (Å²) in [4.78, 5) is 4.15. The maximum atomic E-state index is 5.57. The lowest BCUT2D eigenvalue weighted by molar-refractivity contribution is 0.573. The first-order valence-electron chi connectivity index (χ1n) is 4.53. The molecule has 0 bridgehead atoms. The molecule has 1 saturated carbocycles. The van der Waals surface area contributed by atoms with E-state index in [0.717, 1.165) is 22.6 Å². The number of nitrogen functional groups attached to an aromatic ring is 1. The number of anilines is 2. The van der Waals surface area contributed by atoms with Crippen molar-refractivity contribution >= 4 is 21.5 Å². The fraction of sp³-hybridized carbons (Fsp3) is 0.667. The van der Waals surface area contributed by atoms with Crippen LogP contribution in [0, 0.1) is 11.3 Å². The molecule has 0 aliphatic heterocycles. The zero-order valence-corrected chi connectivity index (χ0v) is 8.82. The van der Waals surface area contributed by atoms with Crippen LogP contribution >= 0.6 is 11.3 Å². The summed E-state index contributed by atoms with van der Waals surface area (Å²) < 4.78 is 0. The van der Waals surface area contributed by atoms with Gasteiger partial charge in [-0.1, -0.05) is 25.2 Å². The highest BCUT2D eigenvalue weighted by Crippen LogP contribution is 2.51. The third-order valence-corrected chi connectivity index (χ3v) is 3.53. The molecule has 1 aromatic rings. The number of thiazole rings is 1. The normalized spacial score (nSPS) is 24.3. The molecule has 13 heavy (non-hydrogen) atoms. The first kappa shape index (κ1) is 8.81. The summed E-state index contributed by atoms with van der Waals surface area (Å²) >= 11 is 1.51. The van der Waals surface area contributed by atoms with Crippen LogP contribution in [0.4, 0.5) is 10.1 Å². The summed E-state index contributed by atoms with van der Waals surface area (Å²) in [6, 6.07) is 0. The topological polar surface area (TPSA) is 50.9 Å². The Balaban J connectivity index is 1.81. The standard InChI is InChI=1S/C9H15N3S/c1-9(2)3-6(9)4-11-8-12-5-7(10)13-8/h5-6H,3-4,10H2,1-2H3,(H,11,12). The molecular formula is C9H15N3S. The summed E-state index contributed by atoms with van der Waals surface area (Å²) in [5, 5.41) is 5.03. The number of hydrogen-bond donors (Lipinski definition) is 2. The number of nitrogens with one attached hydrogen (secondary N) is 1. The molecule has 4 heteroatoms. The molecule has 1 fully saturated rings. The second-order valence-electron chi connectivity index (χ2n) is 4.34. The van der Waals surface area contributed by atoms with E-state index in [9.17, 15) is 0 Å². The van der Waals surface area contributed by atoms with Gasteiger partial charge in [0.1, 0.15) is 5.00 Å². The van der Waals surface area contributed by atoms with Gasteiger partial charge in [-0.2, -0.15) is 0 Å². The smallest absolute Gasteiger partial charge is 0.184 e. The molecule has 0 spiro atoms. The van der Waals surface area contributed by atoms with Gasteiger partial charge in [0.05, 0.1) is 6.20 Å². The van der Waals surface area contributed by atoms with Gasteiger partial charge in [-0.15, -0.1) is 0 Å². The Morgan fingerprint density at radius 3 is 2.92 bits per heavy atom. The molecule has 72 valence electrons. The van der Waals surface area contributed by atoms with Gasteiger partial charge in [0.25, 0.3) is 0 Å². The summed E-state index contributed by atoms with van der Waals surface area (Å²) in [6.07, 6.45) is 3.02. The molecule has 1 aliphatic carbocycles. The fourth-order valence-electron chi connectivity index (χ4n) is 1.50. The SMILES string of the molecule is CC1(C)CC1CNc1ncc(N)s1. The average Bonchev–Trinajstić information content (AvgIpc) is 2.45. The molecule has 0 aromatic carbocycles. The highest BCUT2D eigenvalue weighted by Gasteiger charge is 2.44. The molecule has 1 atom stereocenters. The number of hydrogen-bond acceptors (Lipinski definition) is 4. The van der Waals surface area contributed by atoms with Crippen molar-refractivity contribution in [3.63, 3.8) is 0 Å². The van der Waals surface area contributed by atoms with E-state index in [-0.39, 0.29) is 0 Å². The maximum absolute atomic E-state index is 5.57. The first-order chi connectivity index (χ1) is 6.08. The van der Waals surface area contributed by atoms with Crippen molar-refractivity contribution < 1.29 is 0 Å². The Kier molecular flexibility index (Phi) is 1.95. The van der Waals surface area contributed by atoms with Crippen LogP contribution in [-0.4, -0.2) is 11.5 Å². The third-order valence-electron chi connectivity index (χ3n) is 2.74. The lowest BCUT2D eigenvalue weighted by atomic mass is 10.1. The Labute approximate surface area is 82.4 Å². The highest BCUT2D eigenvalue weighted by molar-refractivity contribution is 7.19. The molecule has 0 radical (unpaired) electrons. The van der Waals surface area contributed by atoms with Crippen molar-refractivity contribution in [3.8, 4) is 0 Å². The molecular weight excluding hydrogens is 182 g/mol. The third kappa shape index (κ3) is 1.94. The Bertz CT molecular complexity index is 306.